The second-order valence-corrected chi connectivity index (χ2v) is 9.11. The highest BCUT2D eigenvalue weighted by atomic mass is 32.2. The number of anilines is 1. The number of nitrogens with zero attached hydrogens (tertiary/aromatic N) is 5. The van der Waals surface area contributed by atoms with Crippen molar-refractivity contribution < 1.29 is 13.2 Å². The number of alkyl halides is 2. The standard InChI is InChI=1S/C21H21F3N6S/c22-14-2-1-13(20(23)24)9-16(14)31-18-11-26-17(10-27-18)29-7-4-21(5-8-29)12-30-15(19(21)25)3-6-28-30/h1-3,6,9-11,19-20H,4-5,7-8,12,25H2/t19-/m1/s1. The lowest BCUT2D eigenvalue weighted by atomic mass is 9.73. The van der Waals surface area contributed by atoms with Crippen molar-refractivity contribution in [2.45, 2.75) is 41.8 Å². The number of rotatable bonds is 4. The largest absolute Gasteiger partial charge is 0.355 e. The molecule has 0 unspecified atom stereocenters. The third-order valence-electron chi connectivity index (χ3n) is 6.31. The van der Waals surface area contributed by atoms with Gasteiger partial charge in [-0.15, -0.1) is 0 Å². The van der Waals surface area contributed by atoms with Crippen LogP contribution in [0.25, 0.3) is 0 Å². The molecule has 0 aliphatic carbocycles. The molecule has 1 spiro atoms. The molecule has 6 nitrogen and oxygen atoms in total. The topological polar surface area (TPSA) is 72.9 Å². The number of benzene rings is 1. The minimum atomic E-state index is -2.65. The fourth-order valence-corrected chi connectivity index (χ4v) is 5.27. The number of halogens is 3. The minimum Gasteiger partial charge on any atom is -0.355 e. The van der Waals surface area contributed by atoms with Gasteiger partial charge >= 0.3 is 0 Å². The van der Waals surface area contributed by atoms with Crippen LogP contribution in [-0.4, -0.2) is 32.8 Å². The lowest BCUT2D eigenvalue weighted by Gasteiger charge is -2.41. The van der Waals surface area contributed by atoms with Crippen LogP contribution in [0.15, 0.2) is 52.8 Å². The molecule has 2 aliphatic heterocycles. The lowest BCUT2D eigenvalue weighted by Crippen LogP contribution is -2.45. The number of hydrogen-bond acceptors (Lipinski definition) is 6. The van der Waals surface area contributed by atoms with Crippen LogP contribution < -0.4 is 10.6 Å². The predicted molar refractivity (Wildman–Crippen MR) is 111 cm³/mol. The van der Waals surface area contributed by atoms with Crippen molar-refractivity contribution in [3.63, 3.8) is 0 Å². The first-order valence-electron chi connectivity index (χ1n) is 10.0. The average molecular weight is 447 g/mol. The SMILES string of the molecule is N[C@@H]1c2ccnn2CC12CCN(c1cnc(Sc3cc(C(F)F)ccc3F)cn1)CC2. The Morgan fingerprint density at radius 2 is 1.94 bits per heavy atom. The first kappa shape index (κ1) is 20.3. The van der Waals surface area contributed by atoms with Gasteiger partial charge < -0.3 is 10.6 Å². The Morgan fingerprint density at radius 1 is 1.13 bits per heavy atom. The number of aromatic nitrogens is 4. The molecule has 0 radical (unpaired) electrons. The monoisotopic (exact) mass is 446 g/mol. The van der Waals surface area contributed by atoms with Gasteiger partial charge in [-0.3, -0.25) is 4.68 Å². The summed E-state index contributed by atoms with van der Waals surface area (Å²) < 4.78 is 41.8. The molecule has 162 valence electrons. The first-order valence-corrected chi connectivity index (χ1v) is 10.9. The van der Waals surface area contributed by atoms with Crippen molar-refractivity contribution in [2.24, 2.45) is 11.1 Å². The van der Waals surface area contributed by atoms with Gasteiger partial charge in [-0.1, -0.05) is 17.8 Å². The van der Waals surface area contributed by atoms with Crippen LogP contribution in [0.4, 0.5) is 19.0 Å². The molecule has 5 rings (SSSR count). The summed E-state index contributed by atoms with van der Waals surface area (Å²) in [5.74, 6) is 0.180. The van der Waals surface area contributed by atoms with Gasteiger partial charge in [-0.25, -0.2) is 23.1 Å². The van der Waals surface area contributed by atoms with Crippen LogP contribution in [0.1, 0.15) is 36.6 Å². The molecule has 0 bridgehead atoms. The minimum absolute atomic E-state index is 0.0130. The number of nitrogens with two attached hydrogens (primary N) is 1. The maximum Gasteiger partial charge on any atom is 0.263 e. The van der Waals surface area contributed by atoms with Crippen molar-refractivity contribution in [3.05, 3.63) is 59.9 Å². The van der Waals surface area contributed by atoms with E-state index in [9.17, 15) is 13.2 Å². The molecule has 1 aromatic carbocycles. The quantitative estimate of drug-likeness (QED) is 0.648. The summed E-state index contributed by atoms with van der Waals surface area (Å²) in [7, 11) is 0. The molecule has 2 N–H and O–H groups in total. The summed E-state index contributed by atoms with van der Waals surface area (Å²) in [6.07, 6.45) is 4.21. The van der Waals surface area contributed by atoms with Gasteiger partial charge in [0.05, 0.1) is 29.0 Å². The molecule has 0 amide bonds. The Morgan fingerprint density at radius 3 is 2.61 bits per heavy atom. The smallest absolute Gasteiger partial charge is 0.263 e. The summed E-state index contributed by atoms with van der Waals surface area (Å²) in [6, 6.07) is 5.27. The zero-order valence-corrected chi connectivity index (χ0v) is 17.4. The van der Waals surface area contributed by atoms with Crippen LogP contribution >= 0.6 is 11.8 Å². The van der Waals surface area contributed by atoms with E-state index < -0.39 is 12.2 Å². The van der Waals surface area contributed by atoms with Gasteiger partial charge in [0, 0.05) is 36.8 Å². The maximum atomic E-state index is 14.0. The Balaban J connectivity index is 1.25. The molecule has 1 fully saturated rings. The zero-order valence-electron chi connectivity index (χ0n) is 16.6. The van der Waals surface area contributed by atoms with Gasteiger partial charge in [0.1, 0.15) is 16.7 Å². The van der Waals surface area contributed by atoms with Crippen molar-refractivity contribution in [2.75, 3.05) is 18.0 Å². The van der Waals surface area contributed by atoms with Gasteiger partial charge in [0.15, 0.2) is 0 Å². The number of piperidine rings is 1. The highest BCUT2D eigenvalue weighted by Gasteiger charge is 2.46. The average Bonchev–Trinajstić information content (AvgIpc) is 3.32. The Kier molecular flexibility index (Phi) is 5.13. The first-order chi connectivity index (χ1) is 14.9. The van der Waals surface area contributed by atoms with Crippen LogP contribution in [0, 0.1) is 11.2 Å². The fraction of sp³-hybridized carbons (Fsp3) is 0.381. The molecule has 3 aromatic rings. The summed E-state index contributed by atoms with van der Waals surface area (Å²) in [5, 5.41) is 4.82. The second-order valence-electron chi connectivity index (χ2n) is 8.05. The number of hydrogen-bond donors (Lipinski definition) is 1. The molecule has 10 heteroatoms. The summed E-state index contributed by atoms with van der Waals surface area (Å²) in [4.78, 5) is 11.1. The predicted octanol–water partition coefficient (Wildman–Crippen LogP) is 4.20. The third-order valence-corrected chi connectivity index (χ3v) is 7.26. The van der Waals surface area contributed by atoms with Crippen LogP contribution in [0.3, 0.4) is 0 Å². The normalized spacial score (nSPS) is 19.9. The van der Waals surface area contributed by atoms with Gasteiger partial charge in [-0.05, 0) is 31.0 Å². The summed E-state index contributed by atoms with van der Waals surface area (Å²) in [5.41, 5.74) is 7.43. The van der Waals surface area contributed by atoms with E-state index in [2.05, 4.69) is 20.0 Å². The van der Waals surface area contributed by atoms with E-state index in [4.69, 9.17) is 5.73 Å². The Hall–Kier alpha value is -2.59. The van der Waals surface area contributed by atoms with Gasteiger partial charge in [0.2, 0.25) is 0 Å². The number of fused-ring (bicyclic) bond motifs is 1. The molecule has 1 saturated heterocycles. The molecular weight excluding hydrogens is 425 g/mol. The van der Waals surface area contributed by atoms with Crippen LogP contribution in [0.5, 0.6) is 0 Å². The zero-order chi connectivity index (χ0) is 21.6. The van der Waals surface area contributed by atoms with Crippen LogP contribution in [-0.2, 0) is 6.54 Å². The van der Waals surface area contributed by atoms with Crippen molar-refractivity contribution in [3.8, 4) is 0 Å². The van der Waals surface area contributed by atoms with E-state index in [0.717, 1.165) is 73.9 Å². The molecule has 4 heterocycles. The highest BCUT2D eigenvalue weighted by molar-refractivity contribution is 7.99. The highest BCUT2D eigenvalue weighted by Crippen LogP contribution is 2.47. The Bertz CT molecular complexity index is 1080. The molecule has 1 atom stereocenters. The fourth-order valence-electron chi connectivity index (χ4n) is 4.47. The van der Waals surface area contributed by atoms with E-state index in [1.54, 1.807) is 18.6 Å². The summed E-state index contributed by atoms with van der Waals surface area (Å²) in [6.45, 7) is 2.46. The van der Waals surface area contributed by atoms with Gasteiger partial charge in [0.25, 0.3) is 6.43 Å². The maximum absolute atomic E-state index is 14.0. The third kappa shape index (κ3) is 3.67. The van der Waals surface area contributed by atoms with E-state index in [1.807, 2.05) is 10.7 Å². The second kappa shape index (κ2) is 7.83. The van der Waals surface area contributed by atoms with E-state index in [0.29, 0.717) is 5.03 Å². The molecule has 2 aromatic heterocycles. The molecule has 2 aliphatic rings. The lowest BCUT2D eigenvalue weighted by molar-refractivity contribution is 0.151. The van der Waals surface area contributed by atoms with E-state index >= 15 is 0 Å². The molecule has 0 saturated carbocycles. The van der Waals surface area contributed by atoms with Gasteiger partial charge in [-0.2, -0.15) is 5.10 Å². The van der Waals surface area contributed by atoms with Crippen LogP contribution in [0.2, 0.25) is 0 Å². The van der Waals surface area contributed by atoms with Crippen molar-refractivity contribution in [1.82, 2.24) is 19.7 Å². The van der Waals surface area contributed by atoms with E-state index in [1.165, 1.54) is 0 Å². The molecular formula is C21H21F3N6S. The summed E-state index contributed by atoms with van der Waals surface area (Å²) >= 11 is 0.984. The Labute approximate surface area is 181 Å². The molecule has 31 heavy (non-hydrogen) atoms. The van der Waals surface area contributed by atoms with Crippen molar-refractivity contribution in [1.29, 1.82) is 0 Å². The van der Waals surface area contributed by atoms with E-state index in [-0.39, 0.29) is 21.9 Å². The van der Waals surface area contributed by atoms with Crippen molar-refractivity contribution >= 4 is 17.6 Å².